The molecule has 0 aromatic carbocycles. The normalized spacial score (nSPS) is 12.7. The summed E-state index contributed by atoms with van der Waals surface area (Å²) in [6.07, 6.45) is 94.6. The fraction of sp³-hybridized carbons (Fsp3) is 0.750. The van der Waals surface area contributed by atoms with Crippen molar-refractivity contribution >= 4 is 17.9 Å². The van der Waals surface area contributed by atoms with Gasteiger partial charge in [-0.2, -0.15) is 0 Å². The lowest BCUT2D eigenvalue weighted by atomic mass is 10.0. The van der Waals surface area contributed by atoms with Crippen molar-refractivity contribution in [2.75, 3.05) is 13.2 Å². The van der Waals surface area contributed by atoms with Crippen LogP contribution in [0.15, 0.2) is 97.2 Å². The Bertz CT molecular complexity index is 1590. The van der Waals surface area contributed by atoms with Crippen molar-refractivity contribution < 1.29 is 28.6 Å². The average molecular weight is 1140 g/mol. The Kier molecular flexibility index (Phi) is 66.7. The van der Waals surface area contributed by atoms with Crippen LogP contribution >= 0.6 is 0 Å². The van der Waals surface area contributed by atoms with Gasteiger partial charge in [-0.05, 0) is 109 Å². The summed E-state index contributed by atoms with van der Waals surface area (Å²) in [6, 6.07) is 0. The molecular weight excluding hydrogens is 1010 g/mol. The highest BCUT2D eigenvalue weighted by Gasteiger charge is 2.19. The topological polar surface area (TPSA) is 78.9 Å². The van der Waals surface area contributed by atoms with Gasteiger partial charge in [-0.1, -0.05) is 317 Å². The second-order valence-corrected chi connectivity index (χ2v) is 23.4. The summed E-state index contributed by atoms with van der Waals surface area (Å²) >= 11 is 0. The molecule has 0 spiro atoms. The third-order valence-corrected chi connectivity index (χ3v) is 15.3. The third-order valence-electron chi connectivity index (χ3n) is 15.3. The van der Waals surface area contributed by atoms with Crippen LogP contribution in [-0.4, -0.2) is 37.2 Å². The van der Waals surface area contributed by atoms with Crippen LogP contribution in [0.25, 0.3) is 0 Å². The molecular formula is C76H132O6. The first-order valence-electron chi connectivity index (χ1n) is 35.2. The van der Waals surface area contributed by atoms with Gasteiger partial charge in [-0.3, -0.25) is 14.4 Å². The molecule has 0 rings (SSSR count). The van der Waals surface area contributed by atoms with E-state index in [0.717, 1.165) is 77.0 Å². The molecule has 472 valence electrons. The second kappa shape index (κ2) is 69.8. The lowest BCUT2D eigenvalue weighted by Crippen LogP contribution is -2.30. The van der Waals surface area contributed by atoms with E-state index in [9.17, 15) is 14.4 Å². The number of rotatable bonds is 64. The number of hydrogen-bond acceptors (Lipinski definition) is 6. The molecule has 0 aliphatic rings. The van der Waals surface area contributed by atoms with Crippen molar-refractivity contribution in [3.8, 4) is 0 Å². The van der Waals surface area contributed by atoms with Gasteiger partial charge in [0.2, 0.25) is 0 Å². The maximum Gasteiger partial charge on any atom is 0.306 e. The summed E-state index contributed by atoms with van der Waals surface area (Å²) in [4.78, 5) is 38.3. The molecule has 0 aromatic heterocycles. The van der Waals surface area contributed by atoms with Crippen LogP contribution in [0.1, 0.15) is 348 Å². The van der Waals surface area contributed by atoms with Crippen LogP contribution in [0.5, 0.6) is 0 Å². The van der Waals surface area contributed by atoms with E-state index in [4.69, 9.17) is 14.2 Å². The third kappa shape index (κ3) is 67.1. The van der Waals surface area contributed by atoms with E-state index in [1.807, 2.05) is 6.08 Å². The molecule has 0 bridgehead atoms. The summed E-state index contributed by atoms with van der Waals surface area (Å²) in [5.74, 6) is -0.975. The molecule has 0 amide bonds. The summed E-state index contributed by atoms with van der Waals surface area (Å²) < 4.78 is 16.9. The maximum atomic E-state index is 12.9. The van der Waals surface area contributed by atoms with Gasteiger partial charge in [0, 0.05) is 19.3 Å². The number of allylic oxidation sites excluding steroid dienone is 16. The Morgan fingerprint density at radius 1 is 0.256 bits per heavy atom. The van der Waals surface area contributed by atoms with E-state index >= 15 is 0 Å². The van der Waals surface area contributed by atoms with Crippen LogP contribution in [0, 0.1) is 0 Å². The predicted molar refractivity (Wildman–Crippen MR) is 357 cm³/mol. The minimum Gasteiger partial charge on any atom is -0.462 e. The first-order chi connectivity index (χ1) is 40.5. The first kappa shape index (κ1) is 78.3. The molecule has 0 saturated heterocycles. The Hall–Kier alpha value is -3.67. The lowest BCUT2D eigenvalue weighted by Gasteiger charge is -2.18. The molecule has 82 heavy (non-hydrogen) atoms. The molecule has 1 unspecified atom stereocenters. The van der Waals surface area contributed by atoms with Crippen molar-refractivity contribution in [2.24, 2.45) is 0 Å². The van der Waals surface area contributed by atoms with Crippen molar-refractivity contribution in [2.45, 2.75) is 354 Å². The van der Waals surface area contributed by atoms with Crippen LogP contribution in [0.4, 0.5) is 0 Å². The highest BCUT2D eigenvalue weighted by Crippen LogP contribution is 2.17. The van der Waals surface area contributed by atoms with Gasteiger partial charge >= 0.3 is 17.9 Å². The number of hydrogen-bond donors (Lipinski definition) is 0. The van der Waals surface area contributed by atoms with E-state index in [0.29, 0.717) is 19.3 Å². The van der Waals surface area contributed by atoms with Gasteiger partial charge in [0.25, 0.3) is 0 Å². The van der Waals surface area contributed by atoms with Gasteiger partial charge in [-0.25, -0.2) is 0 Å². The van der Waals surface area contributed by atoms with Gasteiger partial charge in [0.1, 0.15) is 13.2 Å². The standard InChI is InChI=1S/C76H132O6/c1-4-7-10-13-16-19-22-25-27-29-31-32-33-34-35-36-37-38-39-40-41-42-43-44-45-47-48-51-54-57-60-63-66-69-75(78)81-72-73(71-80-74(77)68-65-62-59-56-53-50-24-21-18-15-12-9-6-3)82-76(79)70-67-64-61-58-55-52-49-46-30-28-26-23-20-17-14-11-8-5-2/h9,12,18,21-22,25,28-31,33-34,50,53,59,62,73H,4-8,10-11,13-17,19-20,23-24,26-27,32,35-49,51-52,54-58,60-61,63-72H2,1-3H3/b12-9-,21-18-,25-22-,30-28-,31-29-,34-33-,53-50-,62-59-. The lowest BCUT2D eigenvalue weighted by molar-refractivity contribution is -0.166. The monoisotopic (exact) mass is 1140 g/mol. The number of carbonyl (C=O) groups excluding carboxylic acids is 3. The zero-order valence-electron chi connectivity index (χ0n) is 54.2. The van der Waals surface area contributed by atoms with Gasteiger partial charge in [0.05, 0.1) is 0 Å². The van der Waals surface area contributed by atoms with Crippen LogP contribution in [0.3, 0.4) is 0 Å². The maximum absolute atomic E-state index is 12.9. The molecule has 0 N–H and O–H groups in total. The molecule has 0 heterocycles. The summed E-state index contributed by atoms with van der Waals surface area (Å²) in [5.41, 5.74) is 0. The average Bonchev–Trinajstić information content (AvgIpc) is 3.47. The number of carbonyl (C=O) groups is 3. The van der Waals surface area contributed by atoms with Gasteiger partial charge < -0.3 is 14.2 Å². The molecule has 0 aromatic rings. The van der Waals surface area contributed by atoms with Crippen LogP contribution < -0.4 is 0 Å². The second-order valence-electron chi connectivity index (χ2n) is 23.4. The first-order valence-corrected chi connectivity index (χ1v) is 35.2. The SMILES string of the molecule is CC/C=C\C/C=C\C/C=C\C/C=C\CCC(=O)OCC(COC(=O)CCCCCCCCCCCCCCCCCCCC/C=C\C/C=C\C/C=C\CCCCCCC)OC(=O)CCCCCCCCC/C=C\CCCCCCCCC. The number of ether oxygens (including phenoxy) is 3. The summed E-state index contributed by atoms with van der Waals surface area (Å²) in [7, 11) is 0. The zero-order chi connectivity index (χ0) is 59.2. The zero-order valence-corrected chi connectivity index (χ0v) is 54.2. The molecule has 0 aliphatic carbocycles. The number of esters is 3. The van der Waals surface area contributed by atoms with Crippen molar-refractivity contribution in [3.63, 3.8) is 0 Å². The summed E-state index contributed by atoms with van der Waals surface area (Å²) in [6.45, 7) is 6.48. The molecule has 0 fully saturated rings. The molecule has 0 aliphatic heterocycles. The van der Waals surface area contributed by atoms with Gasteiger partial charge in [-0.15, -0.1) is 0 Å². The van der Waals surface area contributed by atoms with Crippen molar-refractivity contribution in [3.05, 3.63) is 97.2 Å². The van der Waals surface area contributed by atoms with Crippen molar-refractivity contribution in [1.82, 2.24) is 0 Å². The quantitative estimate of drug-likeness (QED) is 0.0261. The Balaban J connectivity index is 4.20. The minimum atomic E-state index is -0.809. The van der Waals surface area contributed by atoms with E-state index in [1.54, 1.807) is 0 Å². The minimum absolute atomic E-state index is 0.0986. The highest BCUT2D eigenvalue weighted by molar-refractivity contribution is 5.71. The highest BCUT2D eigenvalue weighted by atomic mass is 16.6. The molecule has 1 atom stereocenters. The fourth-order valence-corrected chi connectivity index (χ4v) is 10.0. The Morgan fingerprint density at radius 3 is 0.829 bits per heavy atom. The molecule has 0 radical (unpaired) electrons. The summed E-state index contributed by atoms with van der Waals surface area (Å²) in [5, 5.41) is 0. The van der Waals surface area contributed by atoms with E-state index in [-0.39, 0.29) is 37.5 Å². The van der Waals surface area contributed by atoms with Crippen LogP contribution in [0.2, 0.25) is 0 Å². The van der Waals surface area contributed by atoms with E-state index in [2.05, 4.69) is 112 Å². The fourth-order valence-electron chi connectivity index (χ4n) is 10.0. The van der Waals surface area contributed by atoms with E-state index in [1.165, 1.54) is 225 Å². The smallest absolute Gasteiger partial charge is 0.306 e. The molecule has 6 heteroatoms. The van der Waals surface area contributed by atoms with Gasteiger partial charge in [0.15, 0.2) is 6.10 Å². The predicted octanol–water partition coefficient (Wildman–Crippen LogP) is 24.4. The number of unbranched alkanes of at least 4 members (excludes halogenated alkanes) is 37. The van der Waals surface area contributed by atoms with E-state index < -0.39 is 6.10 Å². The molecule has 0 saturated carbocycles. The van der Waals surface area contributed by atoms with Crippen molar-refractivity contribution in [1.29, 1.82) is 0 Å². The molecule has 6 nitrogen and oxygen atoms in total. The Labute approximate surface area is 508 Å². The van der Waals surface area contributed by atoms with Crippen LogP contribution in [-0.2, 0) is 28.6 Å². The Morgan fingerprint density at radius 2 is 0.500 bits per heavy atom. The largest absolute Gasteiger partial charge is 0.462 e.